The van der Waals surface area contributed by atoms with Crippen LogP contribution in [-0.4, -0.2) is 48.0 Å². The maximum atomic E-state index is 8.74. The van der Waals surface area contributed by atoms with Gasteiger partial charge in [0.05, 0.1) is 19.3 Å². The lowest BCUT2D eigenvalue weighted by atomic mass is 10.2. The Labute approximate surface area is 85.8 Å². The zero-order valence-corrected chi connectivity index (χ0v) is 8.65. The lowest BCUT2D eigenvalue weighted by molar-refractivity contribution is 0.159. The average molecular weight is 200 g/mol. The van der Waals surface area contributed by atoms with Gasteiger partial charge in [0.2, 0.25) is 0 Å². The maximum Gasteiger partial charge on any atom is 0.0621 e. The molecule has 0 aromatic carbocycles. The molecule has 14 heavy (non-hydrogen) atoms. The van der Waals surface area contributed by atoms with Gasteiger partial charge in [0.1, 0.15) is 0 Å². The Hall–Kier alpha value is -0.630. The van der Waals surface area contributed by atoms with E-state index in [-0.39, 0.29) is 13.2 Å². The number of rotatable bonds is 9. The molecule has 0 spiro atoms. The zero-order chi connectivity index (χ0) is 10.6. The molecule has 0 aromatic rings. The lowest BCUT2D eigenvalue weighted by Crippen LogP contribution is -2.30. The molecule has 2 N–H and O–H groups in total. The van der Waals surface area contributed by atoms with Crippen molar-refractivity contribution in [3.05, 3.63) is 0 Å². The van der Waals surface area contributed by atoms with Gasteiger partial charge in [-0.2, -0.15) is 5.26 Å². The largest absolute Gasteiger partial charge is 0.395 e. The Morgan fingerprint density at radius 1 is 0.929 bits per heavy atom. The van der Waals surface area contributed by atoms with E-state index >= 15 is 0 Å². The molecular weight excluding hydrogens is 180 g/mol. The Bertz CT molecular complexity index is 151. The molecular formula is C10H20N2O2. The monoisotopic (exact) mass is 200 g/mol. The van der Waals surface area contributed by atoms with E-state index in [9.17, 15) is 0 Å². The molecule has 0 aliphatic heterocycles. The van der Waals surface area contributed by atoms with Crippen LogP contribution in [-0.2, 0) is 0 Å². The topological polar surface area (TPSA) is 67.5 Å². The van der Waals surface area contributed by atoms with E-state index < -0.39 is 0 Å². The summed E-state index contributed by atoms with van der Waals surface area (Å²) < 4.78 is 0. The van der Waals surface area contributed by atoms with E-state index in [0.29, 0.717) is 19.5 Å². The number of aliphatic hydroxyl groups excluding tert-OH is 2. The van der Waals surface area contributed by atoms with Gasteiger partial charge in [-0.15, -0.1) is 0 Å². The molecule has 0 radical (unpaired) electrons. The van der Waals surface area contributed by atoms with Crippen molar-refractivity contribution in [1.29, 1.82) is 5.26 Å². The van der Waals surface area contributed by atoms with Crippen molar-refractivity contribution in [3.63, 3.8) is 0 Å². The van der Waals surface area contributed by atoms with Crippen molar-refractivity contribution in [3.8, 4) is 6.07 Å². The summed E-state index contributed by atoms with van der Waals surface area (Å²) in [5.74, 6) is 0. The highest BCUT2D eigenvalue weighted by Gasteiger charge is 2.02. The highest BCUT2D eigenvalue weighted by Crippen LogP contribution is 2.00. The summed E-state index contributed by atoms with van der Waals surface area (Å²) in [6.45, 7) is 2.42. The van der Waals surface area contributed by atoms with Crippen LogP contribution in [0.1, 0.15) is 25.7 Å². The summed E-state index contributed by atoms with van der Waals surface area (Å²) in [6, 6.07) is 2.11. The number of hydrogen-bond donors (Lipinski definition) is 2. The van der Waals surface area contributed by atoms with Crippen molar-refractivity contribution < 1.29 is 10.2 Å². The smallest absolute Gasteiger partial charge is 0.0621 e. The first-order valence-corrected chi connectivity index (χ1v) is 5.16. The number of aliphatic hydroxyl groups is 2. The van der Waals surface area contributed by atoms with Crippen LogP contribution in [0.5, 0.6) is 0 Å². The van der Waals surface area contributed by atoms with Crippen LogP contribution >= 0.6 is 0 Å². The molecule has 0 heterocycles. The molecule has 0 bridgehead atoms. The molecule has 0 amide bonds. The quantitative estimate of drug-likeness (QED) is 0.527. The highest BCUT2D eigenvalue weighted by molar-refractivity contribution is 4.68. The first kappa shape index (κ1) is 13.4. The zero-order valence-electron chi connectivity index (χ0n) is 8.65. The van der Waals surface area contributed by atoms with Gasteiger partial charge in [-0.1, -0.05) is 6.42 Å². The predicted octanol–water partition coefficient (Wildman–Crippen LogP) is 0.357. The molecule has 0 saturated carbocycles. The van der Waals surface area contributed by atoms with Crippen LogP contribution < -0.4 is 0 Å². The Morgan fingerprint density at radius 3 is 2.07 bits per heavy atom. The fraction of sp³-hybridized carbons (Fsp3) is 0.900. The van der Waals surface area contributed by atoms with E-state index in [2.05, 4.69) is 6.07 Å². The van der Waals surface area contributed by atoms with Crippen molar-refractivity contribution >= 4 is 0 Å². The van der Waals surface area contributed by atoms with E-state index in [1.807, 2.05) is 4.90 Å². The molecule has 0 atom stereocenters. The summed E-state index contributed by atoms with van der Waals surface area (Å²) in [5.41, 5.74) is 0. The van der Waals surface area contributed by atoms with Crippen molar-refractivity contribution in [2.24, 2.45) is 0 Å². The Morgan fingerprint density at radius 2 is 1.57 bits per heavy atom. The third-order valence-corrected chi connectivity index (χ3v) is 2.10. The fourth-order valence-corrected chi connectivity index (χ4v) is 1.33. The Kier molecular flexibility index (Phi) is 9.98. The third kappa shape index (κ3) is 7.99. The fourth-order valence-electron chi connectivity index (χ4n) is 1.33. The normalized spacial score (nSPS) is 10.4. The second-order valence-corrected chi connectivity index (χ2v) is 3.26. The van der Waals surface area contributed by atoms with Gasteiger partial charge in [-0.3, -0.25) is 4.90 Å². The number of nitrogens with zero attached hydrogens (tertiary/aromatic N) is 2. The molecule has 0 saturated heterocycles. The number of unbranched alkanes of at least 4 members (excludes halogenated alkanes) is 3. The minimum Gasteiger partial charge on any atom is -0.395 e. The van der Waals surface area contributed by atoms with Gasteiger partial charge < -0.3 is 10.2 Å². The average Bonchev–Trinajstić information content (AvgIpc) is 2.18. The number of nitriles is 1. The maximum absolute atomic E-state index is 8.74. The molecule has 0 aliphatic rings. The summed E-state index contributed by atoms with van der Waals surface area (Å²) >= 11 is 0. The molecule has 0 aliphatic carbocycles. The van der Waals surface area contributed by atoms with Crippen LogP contribution in [0.3, 0.4) is 0 Å². The second-order valence-electron chi connectivity index (χ2n) is 3.26. The molecule has 4 nitrogen and oxygen atoms in total. The van der Waals surface area contributed by atoms with E-state index in [0.717, 1.165) is 25.8 Å². The summed E-state index contributed by atoms with van der Waals surface area (Å²) in [6.07, 6.45) is 3.64. The SMILES string of the molecule is N#CCCCCCN(CCO)CCO. The molecule has 0 unspecified atom stereocenters. The second kappa shape index (κ2) is 10.5. The first-order chi connectivity index (χ1) is 6.85. The standard InChI is InChI=1S/C10H20N2O2/c11-5-3-1-2-4-6-12(7-9-13)8-10-14/h13-14H,1-4,6-10H2. The van der Waals surface area contributed by atoms with Crippen molar-refractivity contribution in [1.82, 2.24) is 4.90 Å². The summed E-state index contributed by atoms with van der Waals surface area (Å²) in [7, 11) is 0. The third-order valence-electron chi connectivity index (χ3n) is 2.10. The van der Waals surface area contributed by atoms with Gasteiger partial charge >= 0.3 is 0 Å². The van der Waals surface area contributed by atoms with Gasteiger partial charge in [0, 0.05) is 19.5 Å². The Balaban J connectivity index is 3.36. The first-order valence-electron chi connectivity index (χ1n) is 5.16. The van der Waals surface area contributed by atoms with Crippen molar-refractivity contribution in [2.75, 3.05) is 32.8 Å². The van der Waals surface area contributed by atoms with E-state index in [4.69, 9.17) is 15.5 Å². The molecule has 82 valence electrons. The molecule has 0 fully saturated rings. The summed E-state index contributed by atoms with van der Waals surface area (Å²) in [5, 5.41) is 25.8. The summed E-state index contributed by atoms with van der Waals surface area (Å²) in [4.78, 5) is 2.03. The van der Waals surface area contributed by atoms with Crippen LogP contribution in [0.4, 0.5) is 0 Å². The van der Waals surface area contributed by atoms with E-state index in [1.165, 1.54) is 0 Å². The number of hydrogen-bond acceptors (Lipinski definition) is 4. The van der Waals surface area contributed by atoms with E-state index in [1.54, 1.807) is 0 Å². The minimum absolute atomic E-state index is 0.137. The van der Waals surface area contributed by atoms with Gasteiger partial charge in [-0.05, 0) is 19.4 Å². The molecule has 0 rings (SSSR count). The van der Waals surface area contributed by atoms with Crippen LogP contribution in [0, 0.1) is 11.3 Å². The predicted molar refractivity (Wildman–Crippen MR) is 54.7 cm³/mol. The molecule has 4 heteroatoms. The van der Waals surface area contributed by atoms with Gasteiger partial charge in [0.25, 0.3) is 0 Å². The van der Waals surface area contributed by atoms with Gasteiger partial charge in [0.15, 0.2) is 0 Å². The van der Waals surface area contributed by atoms with Crippen LogP contribution in [0.25, 0.3) is 0 Å². The lowest BCUT2D eigenvalue weighted by Gasteiger charge is -2.19. The van der Waals surface area contributed by atoms with Crippen molar-refractivity contribution in [2.45, 2.75) is 25.7 Å². The van der Waals surface area contributed by atoms with Gasteiger partial charge in [-0.25, -0.2) is 0 Å². The molecule has 0 aromatic heterocycles. The van der Waals surface area contributed by atoms with Crippen LogP contribution in [0.2, 0.25) is 0 Å². The minimum atomic E-state index is 0.137. The van der Waals surface area contributed by atoms with Crippen LogP contribution in [0.15, 0.2) is 0 Å². The highest BCUT2D eigenvalue weighted by atomic mass is 16.3.